The number of pyridine rings is 1. The van der Waals surface area contributed by atoms with E-state index in [-0.39, 0.29) is 23.1 Å². The van der Waals surface area contributed by atoms with Gasteiger partial charge in [0.1, 0.15) is 11.5 Å². The van der Waals surface area contributed by atoms with Crippen LogP contribution in [0.25, 0.3) is 28.0 Å². The Balaban J connectivity index is 1.49. The first-order valence-corrected chi connectivity index (χ1v) is 12.7. The van der Waals surface area contributed by atoms with Gasteiger partial charge in [-0.3, -0.25) is 4.79 Å². The van der Waals surface area contributed by atoms with Gasteiger partial charge < -0.3 is 10.0 Å². The monoisotopic (exact) mass is 519 g/mol. The maximum atomic E-state index is 15.2. The molecule has 0 radical (unpaired) electrons. The summed E-state index contributed by atoms with van der Waals surface area (Å²) in [7, 11) is 0. The highest BCUT2D eigenvalue weighted by molar-refractivity contribution is 5.93. The first-order chi connectivity index (χ1) is 18.3. The van der Waals surface area contributed by atoms with E-state index < -0.39 is 23.3 Å². The molecule has 1 fully saturated rings. The Hall–Kier alpha value is -4.21. The summed E-state index contributed by atoms with van der Waals surface area (Å²) in [6.45, 7) is 4.72. The van der Waals surface area contributed by atoms with Crippen LogP contribution in [0.1, 0.15) is 66.2 Å². The Morgan fingerprint density at radius 1 is 1.05 bits per heavy atom. The number of nitrogens with zero attached hydrogens (tertiary/aromatic N) is 5. The predicted octanol–water partition coefficient (Wildman–Crippen LogP) is 5.40. The molecule has 3 aromatic heterocycles. The summed E-state index contributed by atoms with van der Waals surface area (Å²) in [5.74, 6) is -3.18. The Kier molecular flexibility index (Phi) is 6.88. The average molecular weight is 520 g/mol. The van der Waals surface area contributed by atoms with Crippen LogP contribution in [0, 0.1) is 11.6 Å². The van der Waals surface area contributed by atoms with E-state index in [0.29, 0.717) is 35.6 Å². The number of benzene rings is 1. The van der Waals surface area contributed by atoms with Crippen LogP contribution in [-0.4, -0.2) is 54.1 Å². The Labute approximate surface area is 218 Å². The molecule has 0 saturated carbocycles. The standard InChI is InChI=1S/C28H27F2N5O3/c1-3-19-13-24(27(36)34-10-6-4-5-7-16(34)2)32-25-14-23(33-35(19)25)20-9-8-17(11-21(20)29)18-12-22(30)26(28(37)38)31-15-18/h8-9,11-16H,3-7,10H2,1-2H3,(H,37,38)/t16-/m1/s1. The number of likely N-dealkylation sites (tertiary alicyclic amines) is 1. The summed E-state index contributed by atoms with van der Waals surface area (Å²) in [6, 6.07) is 8.88. The molecular formula is C28H27F2N5O3. The fourth-order valence-corrected chi connectivity index (χ4v) is 4.91. The van der Waals surface area contributed by atoms with Crippen LogP contribution in [-0.2, 0) is 6.42 Å². The molecule has 1 saturated heterocycles. The van der Waals surface area contributed by atoms with Gasteiger partial charge in [0.15, 0.2) is 17.2 Å². The van der Waals surface area contributed by atoms with Crippen LogP contribution >= 0.6 is 0 Å². The number of carbonyl (C=O) groups excluding carboxylic acids is 1. The van der Waals surface area contributed by atoms with Gasteiger partial charge in [0.25, 0.3) is 5.91 Å². The van der Waals surface area contributed by atoms with Gasteiger partial charge in [0.05, 0.1) is 5.69 Å². The predicted molar refractivity (Wildman–Crippen MR) is 137 cm³/mol. The van der Waals surface area contributed by atoms with Gasteiger partial charge in [-0.05, 0) is 56.0 Å². The molecule has 4 heterocycles. The lowest BCUT2D eigenvalue weighted by Crippen LogP contribution is -2.38. The zero-order valence-electron chi connectivity index (χ0n) is 21.1. The first-order valence-electron chi connectivity index (χ1n) is 12.7. The summed E-state index contributed by atoms with van der Waals surface area (Å²) in [6.07, 6.45) is 5.93. The maximum absolute atomic E-state index is 15.2. The highest BCUT2D eigenvalue weighted by Crippen LogP contribution is 2.29. The minimum absolute atomic E-state index is 0.107. The zero-order chi connectivity index (χ0) is 27.0. The molecule has 0 bridgehead atoms. The van der Waals surface area contributed by atoms with E-state index in [2.05, 4.69) is 22.0 Å². The van der Waals surface area contributed by atoms with Crippen molar-refractivity contribution in [3.05, 3.63) is 71.3 Å². The molecule has 38 heavy (non-hydrogen) atoms. The second-order valence-electron chi connectivity index (χ2n) is 9.54. The highest BCUT2D eigenvalue weighted by atomic mass is 19.1. The molecule has 1 atom stereocenters. The van der Waals surface area contributed by atoms with Gasteiger partial charge in [-0.1, -0.05) is 25.8 Å². The fourth-order valence-electron chi connectivity index (χ4n) is 4.91. The third-order valence-corrected chi connectivity index (χ3v) is 7.02. The van der Waals surface area contributed by atoms with Gasteiger partial charge in [0.2, 0.25) is 0 Å². The molecule has 0 aliphatic carbocycles. The third kappa shape index (κ3) is 4.73. The van der Waals surface area contributed by atoms with Crippen molar-refractivity contribution in [2.45, 2.75) is 52.0 Å². The minimum Gasteiger partial charge on any atom is -0.476 e. The summed E-state index contributed by atoms with van der Waals surface area (Å²) in [4.78, 5) is 34.5. The van der Waals surface area contributed by atoms with Gasteiger partial charge >= 0.3 is 5.97 Å². The lowest BCUT2D eigenvalue weighted by atomic mass is 10.0. The van der Waals surface area contributed by atoms with Gasteiger partial charge in [-0.2, -0.15) is 5.10 Å². The van der Waals surface area contributed by atoms with Crippen LogP contribution in [0.15, 0.2) is 42.6 Å². The van der Waals surface area contributed by atoms with Crippen LogP contribution in [0.3, 0.4) is 0 Å². The zero-order valence-corrected chi connectivity index (χ0v) is 21.1. The molecule has 1 amide bonds. The highest BCUT2D eigenvalue weighted by Gasteiger charge is 2.25. The number of hydrogen-bond acceptors (Lipinski definition) is 5. The average Bonchev–Trinajstić information content (AvgIpc) is 3.21. The second kappa shape index (κ2) is 10.3. The molecule has 0 spiro atoms. The van der Waals surface area contributed by atoms with Crippen molar-refractivity contribution in [3.63, 3.8) is 0 Å². The van der Waals surface area contributed by atoms with E-state index in [1.54, 1.807) is 22.7 Å². The Morgan fingerprint density at radius 3 is 2.55 bits per heavy atom. The third-order valence-electron chi connectivity index (χ3n) is 7.02. The van der Waals surface area contributed by atoms with E-state index in [0.717, 1.165) is 37.4 Å². The molecule has 10 heteroatoms. The Bertz CT molecular complexity index is 1550. The quantitative estimate of drug-likeness (QED) is 0.379. The minimum atomic E-state index is -1.48. The number of rotatable bonds is 5. The van der Waals surface area contributed by atoms with Gasteiger partial charge in [0, 0.05) is 41.7 Å². The van der Waals surface area contributed by atoms with Gasteiger partial charge in [-0.15, -0.1) is 0 Å². The van der Waals surface area contributed by atoms with Crippen LogP contribution in [0.4, 0.5) is 8.78 Å². The van der Waals surface area contributed by atoms with E-state index in [4.69, 9.17) is 5.11 Å². The van der Waals surface area contributed by atoms with Crippen molar-refractivity contribution in [2.24, 2.45) is 0 Å². The number of carboxylic acid groups (broad SMARTS) is 1. The van der Waals surface area contributed by atoms with Crippen molar-refractivity contribution < 1.29 is 23.5 Å². The summed E-state index contributed by atoms with van der Waals surface area (Å²) in [5.41, 5.74) is 2.02. The molecule has 1 aromatic carbocycles. The molecule has 1 N–H and O–H groups in total. The van der Waals surface area contributed by atoms with E-state index in [1.165, 1.54) is 18.3 Å². The van der Waals surface area contributed by atoms with Crippen molar-refractivity contribution in [1.82, 2.24) is 24.5 Å². The number of aryl methyl sites for hydroxylation is 1. The number of fused-ring (bicyclic) bond motifs is 1. The lowest BCUT2D eigenvalue weighted by Gasteiger charge is -2.27. The number of aromatic nitrogens is 4. The molecule has 8 nitrogen and oxygen atoms in total. The summed E-state index contributed by atoms with van der Waals surface area (Å²) < 4.78 is 30.9. The lowest BCUT2D eigenvalue weighted by molar-refractivity contribution is 0.0678. The van der Waals surface area contributed by atoms with E-state index in [9.17, 15) is 14.0 Å². The number of halogens is 2. The maximum Gasteiger partial charge on any atom is 0.357 e. The van der Waals surface area contributed by atoms with Crippen LogP contribution in [0.5, 0.6) is 0 Å². The Morgan fingerprint density at radius 2 is 1.84 bits per heavy atom. The first kappa shape index (κ1) is 25.4. The van der Waals surface area contributed by atoms with Crippen LogP contribution < -0.4 is 0 Å². The molecule has 4 aromatic rings. The molecular weight excluding hydrogens is 492 g/mol. The van der Waals surface area contributed by atoms with E-state index >= 15 is 4.39 Å². The van der Waals surface area contributed by atoms with Crippen molar-refractivity contribution in [2.75, 3.05) is 6.54 Å². The number of carboxylic acids is 1. The normalized spacial score (nSPS) is 16.0. The molecule has 5 rings (SSSR count). The van der Waals surface area contributed by atoms with Crippen molar-refractivity contribution in [1.29, 1.82) is 0 Å². The SMILES string of the molecule is CCc1cc(C(=O)N2CCCCC[C@H]2C)nc2cc(-c3ccc(-c4cnc(C(=O)O)c(F)c4)cc3F)nn12. The van der Waals surface area contributed by atoms with Crippen molar-refractivity contribution in [3.8, 4) is 22.4 Å². The van der Waals surface area contributed by atoms with Gasteiger partial charge in [-0.25, -0.2) is 28.1 Å². The number of hydrogen-bond donors (Lipinski definition) is 1. The molecule has 196 valence electrons. The number of amides is 1. The summed E-state index contributed by atoms with van der Waals surface area (Å²) >= 11 is 0. The molecule has 0 unspecified atom stereocenters. The van der Waals surface area contributed by atoms with E-state index in [1.807, 2.05) is 11.8 Å². The summed E-state index contributed by atoms with van der Waals surface area (Å²) in [5, 5.41) is 13.5. The number of aromatic carboxylic acids is 1. The smallest absolute Gasteiger partial charge is 0.357 e. The molecule has 1 aliphatic rings. The van der Waals surface area contributed by atoms with Crippen molar-refractivity contribution >= 4 is 17.5 Å². The van der Waals surface area contributed by atoms with Crippen LogP contribution in [0.2, 0.25) is 0 Å². The topological polar surface area (TPSA) is 101 Å². The largest absolute Gasteiger partial charge is 0.476 e. The fraction of sp³-hybridized carbons (Fsp3) is 0.321. The number of carbonyl (C=O) groups is 2. The second-order valence-corrected chi connectivity index (χ2v) is 9.54. The molecule has 1 aliphatic heterocycles.